The zero-order chi connectivity index (χ0) is 22.1. The van der Waals surface area contributed by atoms with Crippen LogP contribution >= 0.6 is 11.6 Å². The van der Waals surface area contributed by atoms with Crippen LogP contribution in [-0.4, -0.2) is 87.1 Å². The first kappa shape index (κ1) is 23.5. The molecule has 168 valence electrons. The van der Waals surface area contributed by atoms with Crippen molar-refractivity contribution in [1.82, 2.24) is 20.0 Å². The predicted octanol–water partition coefficient (Wildman–Crippen LogP) is 2.76. The third-order valence-corrected chi connectivity index (χ3v) is 5.87. The van der Waals surface area contributed by atoms with Crippen LogP contribution in [0.15, 0.2) is 54.6 Å². The highest BCUT2D eigenvalue weighted by Gasteiger charge is 2.20. The van der Waals surface area contributed by atoms with E-state index in [9.17, 15) is 4.79 Å². The van der Waals surface area contributed by atoms with E-state index in [0.717, 1.165) is 38.5 Å². The molecule has 1 atom stereocenters. The number of carbonyl (C=O) groups excluding carboxylic acids is 1. The number of amides is 1. The van der Waals surface area contributed by atoms with Gasteiger partial charge in [0.15, 0.2) is 0 Å². The number of hydrogen-bond donors (Lipinski definition) is 1. The number of ether oxygens (including phenoxy) is 1. The van der Waals surface area contributed by atoms with Gasteiger partial charge in [-0.05, 0) is 43.9 Å². The normalized spacial score (nSPS) is 16.3. The lowest BCUT2D eigenvalue weighted by molar-refractivity contribution is -0.122. The van der Waals surface area contributed by atoms with Gasteiger partial charge in [0.2, 0.25) is 5.91 Å². The van der Waals surface area contributed by atoms with Gasteiger partial charge < -0.3 is 15.0 Å². The highest BCUT2D eigenvalue weighted by molar-refractivity contribution is 6.30. The third kappa shape index (κ3) is 7.82. The van der Waals surface area contributed by atoms with E-state index in [4.69, 9.17) is 16.3 Å². The summed E-state index contributed by atoms with van der Waals surface area (Å²) in [6, 6.07) is 17.9. The van der Waals surface area contributed by atoms with Crippen molar-refractivity contribution >= 4 is 17.5 Å². The number of carbonyl (C=O) groups is 1. The van der Waals surface area contributed by atoms with E-state index in [-0.39, 0.29) is 11.9 Å². The van der Waals surface area contributed by atoms with Gasteiger partial charge in [0.1, 0.15) is 12.4 Å². The largest absolute Gasteiger partial charge is 0.492 e. The summed E-state index contributed by atoms with van der Waals surface area (Å²) in [5, 5.41) is 3.82. The molecule has 31 heavy (non-hydrogen) atoms. The van der Waals surface area contributed by atoms with E-state index < -0.39 is 0 Å². The Morgan fingerprint density at radius 2 is 1.68 bits per heavy atom. The predicted molar refractivity (Wildman–Crippen MR) is 126 cm³/mol. The average Bonchev–Trinajstić information content (AvgIpc) is 2.77. The maximum atomic E-state index is 12.5. The molecule has 1 fully saturated rings. The van der Waals surface area contributed by atoms with Crippen LogP contribution in [0.4, 0.5) is 0 Å². The minimum absolute atomic E-state index is 0.0855. The van der Waals surface area contributed by atoms with Crippen molar-refractivity contribution in [1.29, 1.82) is 0 Å². The smallest absolute Gasteiger partial charge is 0.234 e. The van der Waals surface area contributed by atoms with Crippen molar-refractivity contribution < 1.29 is 9.53 Å². The molecule has 0 aromatic heterocycles. The highest BCUT2D eigenvalue weighted by Crippen LogP contribution is 2.17. The van der Waals surface area contributed by atoms with Gasteiger partial charge in [0, 0.05) is 44.3 Å². The summed E-state index contributed by atoms with van der Waals surface area (Å²) in [7, 11) is 4.08. The number of nitrogens with zero attached hydrogens (tertiary/aromatic N) is 3. The number of likely N-dealkylation sites (N-methyl/N-ethyl adjacent to an activating group) is 1. The van der Waals surface area contributed by atoms with E-state index in [2.05, 4.69) is 32.1 Å². The van der Waals surface area contributed by atoms with E-state index in [0.29, 0.717) is 24.7 Å². The van der Waals surface area contributed by atoms with Gasteiger partial charge in [-0.25, -0.2) is 0 Å². The summed E-state index contributed by atoms with van der Waals surface area (Å²) in [6.45, 7) is 6.26. The SMILES string of the molecule is CN(C)C(CNC(=O)CN1CCN(CCOc2ccc(Cl)cc2)CC1)c1ccccc1. The maximum Gasteiger partial charge on any atom is 0.234 e. The molecule has 0 saturated carbocycles. The van der Waals surface area contributed by atoms with E-state index in [1.165, 1.54) is 5.56 Å². The minimum atomic E-state index is 0.0855. The molecule has 0 spiro atoms. The lowest BCUT2D eigenvalue weighted by atomic mass is 10.1. The number of benzene rings is 2. The van der Waals surface area contributed by atoms with Gasteiger partial charge in [-0.1, -0.05) is 41.9 Å². The second-order valence-corrected chi connectivity index (χ2v) is 8.55. The standard InChI is InChI=1S/C24H33ClN4O2/c1-27(2)23(20-6-4-3-5-7-20)18-26-24(30)19-29-14-12-28(13-15-29)16-17-31-22-10-8-21(25)9-11-22/h3-11,23H,12-19H2,1-2H3,(H,26,30). The first-order valence-corrected chi connectivity index (χ1v) is 11.2. The van der Waals surface area contributed by atoms with E-state index in [1.54, 1.807) is 0 Å². The van der Waals surface area contributed by atoms with Gasteiger partial charge in [0.25, 0.3) is 0 Å². The number of hydrogen-bond acceptors (Lipinski definition) is 5. The molecule has 1 aliphatic heterocycles. The molecule has 6 nitrogen and oxygen atoms in total. The fourth-order valence-electron chi connectivity index (χ4n) is 3.74. The molecule has 1 saturated heterocycles. The van der Waals surface area contributed by atoms with Crippen molar-refractivity contribution in [2.24, 2.45) is 0 Å². The Hall–Kier alpha value is -2.12. The molecule has 1 amide bonds. The lowest BCUT2D eigenvalue weighted by Gasteiger charge is -2.34. The molecule has 0 bridgehead atoms. The quantitative estimate of drug-likeness (QED) is 0.610. The number of nitrogens with one attached hydrogen (secondary N) is 1. The van der Waals surface area contributed by atoms with Gasteiger partial charge in [0.05, 0.1) is 12.6 Å². The molecule has 2 aromatic rings. The second-order valence-electron chi connectivity index (χ2n) is 8.11. The van der Waals surface area contributed by atoms with Crippen LogP contribution in [-0.2, 0) is 4.79 Å². The minimum Gasteiger partial charge on any atom is -0.492 e. The molecular weight excluding hydrogens is 412 g/mol. The van der Waals surface area contributed by atoms with E-state index >= 15 is 0 Å². The van der Waals surface area contributed by atoms with Crippen molar-refractivity contribution in [3.8, 4) is 5.75 Å². The Morgan fingerprint density at radius 1 is 1.03 bits per heavy atom. The Morgan fingerprint density at radius 3 is 2.32 bits per heavy atom. The van der Waals surface area contributed by atoms with Gasteiger partial charge in [-0.2, -0.15) is 0 Å². The van der Waals surface area contributed by atoms with Crippen LogP contribution in [0.3, 0.4) is 0 Å². The Bertz CT molecular complexity index is 793. The molecule has 1 heterocycles. The first-order valence-electron chi connectivity index (χ1n) is 10.8. The number of halogens is 1. The molecule has 7 heteroatoms. The van der Waals surface area contributed by atoms with Crippen molar-refractivity contribution in [3.63, 3.8) is 0 Å². The number of rotatable bonds is 10. The third-order valence-electron chi connectivity index (χ3n) is 5.62. The Kier molecular flexibility index (Phi) is 9.15. The summed E-state index contributed by atoms with van der Waals surface area (Å²) in [4.78, 5) is 19.2. The van der Waals surface area contributed by atoms with Gasteiger partial charge in [-0.15, -0.1) is 0 Å². The maximum absolute atomic E-state index is 12.5. The summed E-state index contributed by atoms with van der Waals surface area (Å²) >= 11 is 5.90. The zero-order valence-electron chi connectivity index (χ0n) is 18.5. The Labute approximate surface area is 190 Å². The fourth-order valence-corrected chi connectivity index (χ4v) is 3.86. The van der Waals surface area contributed by atoms with Crippen LogP contribution in [0.2, 0.25) is 5.02 Å². The molecule has 1 N–H and O–H groups in total. The Balaban J connectivity index is 1.33. The molecule has 0 radical (unpaired) electrons. The molecule has 0 aliphatic carbocycles. The monoisotopic (exact) mass is 444 g/mol. The molecule has 3 rings (SSSR count). The lowest BCUT2D eigenvalue weighted by Crippen LogP contribution is -2.50. The zero-order valence-corrected chi connectivity index (χ0v) is 19.2. The number of piperazine rings is 1. The van der Waals surface area contributed by atoms with Crippen LogP contribution in [0.25, 0.3) is 0 Å². The summed E-state index contributed by atoms with van der Waals surface area (Å²) < 4.78 is 5.78. The van der Waals surface area contributed by atoms with Gasteiger partial charge >= 0.3 is 0 Å². The van der Waals surface area contributed by atoms with Crippen molar-refractivity contribution in [2.75, 3.05) is 66.5 Å². The van der Waals surface area contributed by atoms with Crippen molar-refractivity contribution in [2.45, 2.75) is 6.04 Å². The molecule has 1 aliphatic rings. The van der Waals surface area contributed by atoms with Crippen LogP contribution in [0.1, 0.15) is 11.6 Å². The highest BCUT2D eigenvalue weighted by atomic mass is 35.5. The van der Waals surface area contributed by atoms with Gasteiger partial charge in [-0.3, -0.25) is 14.6 Å². The van der Waals surface area contributed by atoms with Crippen molar-refractivity contribution in [3.05, 3.63) is 65.2 Å². The summed E-state index contributed by atoms with van der Waals surface area (Å²) in [6.07, 6.45) is 0. The van der Waals surface area contributed by atoms with Crippen LogP contribution in [0.5, 0.6) is 5.75 Å². The molecular formula is C24H33ClN4O2. The second kappa shape index (κ2) is 12.1. The van der Waals surface area contributed by atoms with E-state index in [1.807, 2.05) is 56.6 Å². The molecule has 2 aromatic carbocycles. The van der Waals surface area contributed by atoms with Crippen LogP contribution < -0.4 is 10.1 Å². The first-order chi connectivity index (χ1) is 15.0. The fraction of sp³-hybridized carbons (Fsp3) is 0.458. The topological polar surface area (TPSA) is 48.1 Å². The molecule has 1 unspecified atom stereocenters. The summed E-state index contributed by atoms with van der Waals surface area (Å²) in [5.41, 5.74) is 1.21. The average molecular weight is 445 g/mol. The van der Waals surface area contributed by atoms with Crippen LogP contribution in [0, 0.1) is 0 Å². The summed E-state index contributed by atoms with van der Waals surface area (Å²) in [5.74, 6) is 0.925.